The number of hydrogen-bond acceptors (Lipinski definition) is 6. The van der Waals surface area contributed by atoms with Crippen molar-refractivity contribution in [3.63, 3.8) is 0 Å². The lowest BCUT2D eigenvalue weighted by molar-refractivity contribution is -0.384. The van der Waals surface area contributed by atoms with Gasteiger partial charge < -0.3 is 5.32 Å². The van der Waals surface area contributed by atoms with Crippen molar-refractivity contribution in [1.29, 1.82) is 0 Å². The van der Waals surface area contributed by atoms with Crippen LogP contribution in [0.2, 0.25) is 0 Å². The Morgan fingerprint density at radius 3 is 2.31 bits per heavy atom. The second-order valence-corrected chi connectivity index (χ2v) is 7.55. The highest BCUT2D eigenvalue weighted by Gasteiger charge is 2.08. The van der Waals surface area contributed by atoms with Crippen LogP contribution in [0.25, 0.3) is 11.1 Å². The zero-order valence-electron chi connectivity index (χ0n) is 13.8. The SMILES string of the molecule is Cc1csc(SCC(=O)Nc2ccc(-c3ccc([N+](=O)[O-])cc3)cc2)n1. The molecule has 0 unspecified atom stereocenters. The Labute approximate surface area is 158 Å². The third kappa shape index (κ3) is 4.68. The second kappa shape index (κ2) is 8.11. The summed E-state index contributed by atoms with van der Waals surface area (Å²) in [6.45, 7) is 1.92. The summed E-state index contributed by atoms with van der Waals surface area (Å²) in [5.41, 5.74) is 3.52. The van der Waals surface area contributed by atoms with Crippen LogP contribution in [-0.2, 0) is 4.79 Å². The first-order valence-electron chi connectivity index (χ1n) is 7.71. The fraction of sp³-hybridized carbons (Fsp3) is 0.111. The quantitative estimate of drug-likeness (QED) is 0.376. The van der Waals surface area contributed by atoms with Gasteiger partial charge in [-0.15, -0.1) is 11.3 Å². The van der Waals surface area contributed by atoms with E-state index in [1.165, 1.54) is 35.2 Å². The molecular weight excluding hydrogens is 370 g/mol. The van der Waals surface area contributed by atoms with E-state index >= 15 is 0 Å². The van der Waals surface area contributed by atoms with Gasteiger partial charge in [0.15, 0.2) is 4.34 Å². The van der Waals surface area contributed by atoms with Gasteiger partial charge in [-0.2, -0.15) is 0 Å². The van der Waals surface area contributed by atoms with Crippen LogP contribution in [-0.4, -0.2) is 21.6 Å². The highest BCUT2D eigenvalue weighted by atomic mass is 32.2. The molecule has 26 heavy (non-hydrogen) atoms. The lowest BCUT2D eigenvalue weighted by Gasteiger charge is -2.06. The summed E-state index contributed by atoms with van der Waals surface area (Å²) in [7, 11) is 0. The number of nitro groups is 1. The molecule has 3 rings (SSSR count). The van der Waals surface area contributed by atoms with E-state index in [4.69, 9.17) is 0 Å². The summed E-state index contributed by atoms with van der Waals surface area (Å²) < 4.78 is 0.881. The van der Waals surface area contributed by atoms with Crippen molar-refractivity contribution in [2.75, 3.05) is 11.1 Å². The molecule has 0 bridgehead atoms. The molecule has 1 N–H and O–H groups in total. The summed E-state index contributed by atoms with van der Waals surface area (Å²) in [6.07, 6.45) is 0. The van der Waals surface area contributed by atoms with Gasteiger partial charge >= 0.3 is 0 Å². The molecule has 0 aliphatic carbocycles. The number of hydrogen-bond donors (Lipinski definition) is 1. The number of non-ortho nitro benzene ring substituents is 1. The number of nitrogens with one attached hydrogen (secondary N) is 1. The lowest BCUT2D eigenvalue weighted by Crippen LogP contribution is -2.13. The molecule has 2 aromatic carbocycles. The highest BCUT2D eigenvalue weighted by Crippen LogP contribution is 2.25. The van der Waals surface area contributed by atoms with Gasteiger partial charge in [-0.05, 0) is 42.3 Å². The lowest BCUT2D eigenvalue weighted by atomic mass is 10.1. The molecule has 1 aromatic heterocycles. The number of nitro benzene ring substituents is 1. The number of aromatic nitrogens is 1. The van der Waals surface area contributed by atoms with Gasteiger partial charge in [0.05, 0.1) is 10.7 Å². The van der Waals surface area contributed by atoms with Crippen molar-refractivity contribution in [2.45, 2.75) is 11.3 Å². The van der Waals surface area contributed by atoms with Gasteiger partial charge in [0, 0.05) is 28.9 Å². The fourth-order valence-corrected chi connectivity index (χ4v) is 3.89. The first-order chi connectivity index (χ1) is 12.5. The number of thioether (sulfide) groups is 1. The molecule has 0 radical (unpaired) electrons. The largest absolute Gasteiger partial charge is 0.325 e. The van der Waals surface area contributed by atoms with E-state index in [2.05, 4.69) is 10.3 Å². The van der Waals surface area contributed by atoms with E-state index in [1.54, 1.807) is 12.1 Å². The van der Waals surface area contributed by atoms with E-state index in [-0.39, 0.29) is 11.6 Å². The second-order valence-electron chi connectivity index (χ2n) is 5.47. The van der Waals surface area contributed by atoms with Crippen LogP contribution in [0.4, 0.5) is 11.4 Å². The van der Waals surface area contributed by atoms with Crippen LogP contribution >= 0.6 is 23.1 Å². The van der Waals surface area contributed by atoms with Crippen LogP contribution in [0, 0.1) is 17.0 Å². The highest BCUT2D eigenvalue weighted by molar-refractivity contribution is 8.01. The molecule has 0 aliphatic rings. The number of amides is 1. The molecule has 0 fully saturated rings. The topological polar surface area (TPSA) is 85.1 Å². The van der Waals surface area contributed by atoms with Crippen molar-refractivity contribution in [3.8, 4) is 11.1 Å². The third-order valence-electron chi connectivity index (χ3n) is 3.50. The van der Waals surface area contributed by atoms with Gasteiger partial charge in [0.1, 0.15) is 0 Å². The number of anilines is 1. The number of benzene rings is 2. The molecule has 3 aromatic rings. The first-order valence-corrected chi connectivity index (χ1v) is 9.57. The molecule has 0 atom stereocenters. The van der Waals surface area contributed by atoms with E-state index in [9.17, 15) is 14.9 Å². The summed E-state index contributed by atoms with van der Waals surface area (Å²) in [5, 5.41) is 15.5. The number of carbonyl (C=O) groups excluding carboxylic acids is 1. The monoisotopic (exact) mass is 385 g/mol. The van der Waals surface area contributed by atoms with Crippen molar-refractivity contribution in [1.82, 2.24) is 4.98 Å². The average Bonchev–Trinajstić information content (AvgIpc) is 3.06. The summed E-state index contributed by atoms with van der Waals surface area (Å²) >= 11 is 2.94. The van der Waals surface area contributed by atoms with E-state index in [0.717, 1.165) is 21.2 Å². The molecule has 1 heterocycles. The molecule has 0 saturated heterocycles. The first kappa shape index (κ1) is 18.1. The Hall–Kier alpha value is -2.71. The van der Waals surface area contributed by atoms with Crippen molar-refractivity contribution in [2.24, 2.45) is 0 Å². The van der Waals surface area contributed by atoms with Gasteiger partial charge in [-0.25, -0.2) is 4.98 Å². The Morgan fingerprint density at radius 2 is 1.77 bits per heavy atom. The van der Waals surface area contributed by atoms with Gasteiger partial charge in [0.25, 0.3) is 5.69 Å². The average molecular weight is 385 g/mol. The molecule has 8 heteroatoms. The zero-order chi connectivity index (χ0) is 18.5. The van der Waals surface area contributed by atoms with Crippen molar-refractivity contribution >= 4 is 40.4 Å². The smallest absolute Gasteiger partial charge is 0.269 e. The zero-order valence-corrected chi connectivity index (χ0v) is 15.5. The van der Waals surface area contributed by atoms with Crippen LogP contribution in [0.1, 0.15) is 5.69 Å². The fourth-order valence-electron chi connectivity index (χ4n) is 2.24. The van der Waals surface area contributed by atoms with Crippen molar-refractivity contribution in [3.05, 3.63) is 69.7 Å². The van der Waals surface area contributed by atoms with Crippen molar-refractivity contribution < 1.29 is 9.72 Å². The minimum atomic E-state index is -0.423. The molecule has 0 aliphatic heterocycles. The predicted molar refractivity (Wildman–Crippen MR) is 105 cm³/mol. The van der Waals surface area contributed by atoms with Crippen LogP contribution in [0.15, 0.2) is 58.3 Å². The predicted octanol–water partition coefficient (Wildman–Crippen LogP) is 4.76. The van der Waals surface area contributed by atoms with E-state index < -0.39 is 4.92 Å². The third-order valence-corrected chi connectivity index (χ3v) is 5.64. The Kier molecular flexibility index (Phi) is 5.65. The van der Waals surface area contributed by atoms with Crippen LogP contribution in [0.3, 0.4) is 0 Å². The Bertz CT molecular complexity index is 922. The van der Waals surface area contributed by atoms with E-state index in [1.807, 2.05) is 36.6 Å². The maximum absolute atomic E-state index is 12.0. The Balaban J connectivity index is 1.58. The number of thiazole rings is 1. The molecule has 1 amide bonds. The standard InChI is InChI=1S/C18H15N3O3S2/c1-12-10-25-18(19-12)26-11-17(22)20-15-6-2-13(3-7-15)14-4-8-16(9-5-14)21(23)24/h2-10H,11H2,1H3,(H,20,22). The molecular formula is C18H15N3O3S2. The maximum atomic E-state index is 12.0. The maximum Gasteiger partial charge on any atom is 0.269 e. The number of carbonyl (C=O) groups is 1. The molecule has 0 spiro atoms. The Morgan fingerprint density at radius 1 is 1.15 bits per heavy atom. The summed E-state index contributed by atoms with van der Waals surface area (Å²) in [5.74, 6) is 0.211. The molecule has 132 valence electrons. The van der Waals surface area contributed by atoms with Crippen LogP contribution < -0.4 is 5.32 Å². The van der Waals surface area contributed by atoms with Crippen LogP contribution in [0.5, 0.6) is 0 Å². The van der Waals surface area contributed by atoms with E-state index in [0.29, 0.717) is 11.4 Å². The minimum Gasteiger partial charge on any atom is -0.325 e. The van der Waals surface area contributed by atoms with Gasteiger partial charge in [-0.3, -0.25) is 14.9 Å². The summed E-state index contributed by atoms with van der Waals surface area (Å²) in [4.78, 5) is 26.6. The number of rotatable bonds is 6. The molecule has 0 saturated carbocycles. The van der Waals surface area contributed by atoms with Gasteiger partial charge in [-0.1, -0.05) is 23.9 Å². The minimum absolute atomic E-state index is 0.0607. The number of aryl methyl sites for hydroxylation is 1. The van der Waals surface area contributed by atoms with Gasteiger partial charge in [0.2, 0.25) is 5.91 Å². The summed E-state index contributed by atoms with van der Waals surface area (Å²) in [6, 6.07) is 13.7. The number of nitrogens with zero attached hydrogens (tertiary/aromatic N) is 2. The molecule has 6 nitrogen and oxygen atoms in total. The normalized spacial score (nSPS) is 10.5.